The maximum absolute atomic E-state index is 13.1. The molecule has 0 unspecified atom stereocenters. The van der Waals surface area contributed by atoms with E-state index in [-0.39, 0.29) is 19.4 Å². The number of carboxylic acids is 1. The molecule has 0 radical (unpaired) electrons. The van der Waals surface area contributed by atoms with Crippen LogP contribution in [0.15, 0.2) is 24.3 Å². The second kappa shape index (κ2) is 9.00. The third-order valence-corrected chi connectivity index (χ3v) is 3.95. The summed E-state index contributed by atoms with van der Waals surface area (Å²) in [4.78, 5) is 34.8. The molecule has 0 atom stereocenters. The molecular weight excluding hydrogens is 315 g/mol. The van der Waals surface area contributed by atoms with Crippen LogP contribution in [0.3, 0.4) is 0 Å². The molecule has 0 aliphatic rings. The number of halogens is 1. The number of amides is 2. The summed E-state index contributed by atoms with van der Waals surface area (Å²) in [6, 6.07) is 5.67. The van der Waals surface area contributed by atoms with Crippen molar-refractivity contribution in [1.82, 2.24) is 10.6 Å². The molecule has 0 aliphatic carbocycles. The Kier molecular flexibility index (Phi) is 7.35. The third-order valence-electron chi connectivity index (χ3n) is 3.95. The monoisotopic (exact) mass is 338 g/mol. The van der Waals surface area contributed by atoms with E-state index in [1.165, 1.54) is 18.2 Å². The van der Waals surface area contributed by atoms with E-state index in [1.807, 2.05) is 0 Å². The van der Waals surface area contributed by atoms with Gasteiger partial charge in [-0.25, -0.2) is 4.39 Å². The molecule has 0 aromatic heterocycles. The first kappa shape index (κ1) is 19.6. The molecule has 6 nitrogen and oxygen atoms in total. The molecular formula is C17H23FN2O4. The minimum Gasteiger partial charge on any atom is -0.481 e. The van der Waals surface area contributed by atoms with Gasteiger partial charge < -0.3 is 15.7 Å². The van der Waals surface area contributed by atoms with Crippen LogP contribution >= 0.6 is 0 Å². The van der Waals surface area contributed by atoms with Crippen LogP contribution in [0.2, 0.25) is 0 Å². The fraction of sp³-hybridized carbons (Fsp3) is 0.471. The van der Waals surface area contributed by atoms with Crippen LogP contribution in [0, 0.1) is 5.82 Å². The predicted octanol–water partition coefficient (Wildman–Crippen LogP) is 1.63. The van der Waals surface area contributed by atoms with Gasteiger partial charge in [0.15, 0.2) is 0 Å². The highest BCUT2D eigenvalue weighted by Crippen LogP contribution is 2.19. The molecule has 1 aromatic carbocycles. The summed E-state index contributed by atoms with van der Waals surface area (Å²) < 4.78 is 13.1. The van der Waals surface area contributed by atoms with Gasteiger partial charge in [0.2, 0.25) is 11.8 Å². The number of hydrogen-bond acceptors (Lipinski definition) is 3. The molecule has 0 heterocycles. The highest BCUT2D eigenvalue weighted by Gasteiger charge is 2.30. The number of nitrogens with one attached hydrogen (secondary N) is 2. The summed E-state index contributed by atoms with van der Waals surface area (Å²) in [5.41, 5.74) is -0.314. The largest absolute Gasteiger partial charge is 0.481 e. The van der Waals surface area contributed by atoms with Crippen molar-refractivity contribution in [1.29, 1.82) is 0 Å². The molecule has 1 aromatic rings. The fourth-order valence-electron chi connectivity index (χ4n) is 2.42. The van der Waals surface area contributed by atoms with Crippen molar-refractivity contribution >= 4 is 17.8 Å². The van der Waals surface area contributed by atoms with E-state index in [4.69, 9.17) is 5.11 Å². The lowest BCUT2D eigenvalue weighted by Gasteiger charge is -2.31. The van der Waals surface area contributed by atoms with Gasteiger partial charge in [-0.15, -0.1) is 0 Å². The minimum atomic E-state index is -0.992. The molecule has 24 heavy (non-hydrogen) atoms. The van der Waals surface area contributed by atoms with E-state index in [0.717, 1.165) is 0 Å². The van der Waals surface area contributed by atoms with Crippen LogP contribution in [0.5, 0.6) is 0 Å². The van der Waals surface area contributed by atoms with Crippen molar-refractivity contribution < 1.29 is 23.9 Å². The van der Waals surface area contributed by atoms with Crippen LogP contribution in [-0.4, -0.2) is 35.0 Å². The van der Waals surface area contributed by atoms with E-state index in [2.05, 4.69) is 10.6 Å². The maximum Gasteiger partial charge on any atom is 0.305 e. The van der Waals surface area contributed by atoms with E-state index in [0.29, 0.717) is 18.4 Å². The first-order valence-electron chi connectivity index (χ1n) is 7.84. The molecule has 0 saturated heterocycles. The Hall–Kier alpha value is -2.44. The standard InChI is InChI=1S/C17H23FN2O4/c1-3-17(4-2,10-16(23)24)20-15(22)11-19-14(21)9-12-6-5-7-13(18)8-12/h5-8H,3-4,9-11H2,1-2H3,(H,19,21)(H,20,22)(H,23,24). The highest BCUT2D eigenvalue weighted by molar-refractivity contribution is 5.86. The number of carboxylic acid groups (broad SMARTS) is 1. The lowest BCUT2D eigenvalue weighted by molar-refractivity contribution is -0.139. The number of carbonyl (C=O) groups is 3. The van der Waals surface area contributed by atoms with Crippen molar-refractivity contribution in [3.8, 4) is 0 Å². The lowest BCUT2D eigenvalue weighted by Crippen LogP contribution is -2.52. The number of hydrogen-bond donors (Lipinski definition) is 3. The normalized spacial score (nSPS) is 11.0. The Morgan fingerprint density at radius 3 is 2.38 bits per heavy atom. The Bertz CT molecular complexity index is 600. The fourth-order valence-corrected chi connectivity index (χ4v) is 2.42. The predicted molar refractivity (Wildman–Crippen MR) is 86.8 cm³/mol. The zero-order valence-corrected chi connectivity index (χ0v) is 13.9. The van der Waals surface area contributed by atoms with Crippen molar-refractivity contribution in [2.75, 3.05) is 6.54 Å². The Morgan fingerprint density at radius 2 is 1.83 bits per heavy atom. The summed E-state index contributed by atoms with van der Waals surface area (Å²) in [7, 11) is 0. The van der Waals surface area contributed by atoms with Gasteiger partial charge in [0, 0.05) is 0 Å². The third kappa shape index (κ3) is 6.36. The van der Waals surface area contributed by atoms with Crippen LogP contribution in [0.25, 0.3) is 0 Å². The molecule has 3 N–H and O–H groups in total. The van der Waals surface area contributed by atoms with Gasteiger partial charge in [-0.3, -0.25) is 14.4 Å². The smallest absolute Gasteiger partial charge is 0.305 e. The summed E-state index contributed by atoms with van der Waals surface area (Å²) in [6.07, 6.45) is 0.730. The van der Waals surface area contributed by atoms with Gasteiger partial charge in [-0.2, -0.15) is 0 Å². The molecule has 0 saturated carbocycles. The Morgan fingerprint density at radius 1 is 1.17 bits per heavy atom. The van der Waals surface area contributed by atoms with Gasteiger partial charge in [0.1, 0.15) is 5.82 Å². The summed E-state index contributed by atoms with van der Waals surface area (Å²) in [5.74, 6) is -2.28. The van der Waals surface area contributed by atoms with Gasteiger partial charge in [-0.05, 0) is 30.5 Å². The van der Waals surface area contributed by atoms with Crippen molar-refractivity contribution in [2.24, 2.45) is 0 Å². The second-order valence-corrected chi connectivity index (χ2v) is 5.69. The molecule has 0 fully saturated rings. The van der Waals surface area contributed by atoms with E-state index < -0.39 is 29.1 Å². The minimum absolute atomic E-state index is 0.0349. The number of benzene rings is 1. The van der Waals surface area contributed by atoms with Crippen molar-refractivity contribution in [3.05, 3.63) is 35.6 Å². The van der Waals surface area contributed by atoms with Crippen LogP contribution < -0.4 is 10.6 Å². The van der Waals surface area contributed by atoms with Crippen LogP contribution in [0.1, 0.15) is 38.7 Å². The summed E-state index contributed by atoms with van der Waals surface area (Å²) in [5, 5.41) is 14.1. The van der Waals surface area contributed by atoms with E-state index in [9.17, 15) is 18.8 Å². The maximum atomic E-state index is 13.1. The van der Waals surface area contributed by atoms with E-state index in [1.54, 1.807) is 19.9 Å². The second-order valence-electron chi connectivity index (χ2n) is 5.69. The quantitative estimate of drug-likeness (QED) is 0.638. The highest BCUT2D eigenvalue weighted by atomic mass is 19.1. The van der Waals surface area contributed by atoms with Crippen molar-refractivity contribution in [3.63, 3.8) is 0 Å². The lowest BCUT2D eigenvalue weighted by atomic mass is 9.89. The molecule has 0 spiro atoms. The number of carbonyl (C=O) groups excluding carboxylic acids is 2. The topological polar surface area (TPSA) is 95.5 Å². The zero-order chi connectivity index (χ0) is 18.2. The van der Waals surface area contributed by atoms with Gasteiger partial charge >= 0.3 is 5.97 Å². The van der Waals surface area contributed by atoms with Crippen LogP contribution in [0.4, 0.5) is 4.39 Å². The summed E-state index contributed by atoms with van der Waals surface area (Å²) >= 11 is 0. The Labute approximate surface area is 140 Å². The first-order chi connectivity index (χ1) is 11.3. The summed E-state index contributed by atoms with van der Waals surface area (Å²) in [6.45, 7) is 3.35. The molecule has 132 valence electrons. The van der Waals surface area contributed by atoms with E-state index >= 15 is 0 Å². The molecule has 0 bridgehead atoms. The van der Waals surface area contributed by atoms with Crippen molar-refractivity contribution in [2.45, 2.75) is 45.1 Å². The van der Waals surface area contributed by atoms with Gasteiger partial charge in [0.05, 0.1) is 24.9 Å². The molecule has 1 rings (SSSR count). The average Bonchev–Trinajstić information content (AvgIpc) is 2.52. The first-order valence-corrected chi connectivity index (χ1v) is 7.84. The van der Waals surface area contributed by atoms with Gasteiger partial charge in [0.25, 0.3) is 0 Å². The van der Waals surface area contributed by atoms with Gasteiger partial charge in [-0.1, -0.05) is 26.0 Å². The number of rotatable bonds is 9. The Balaban J connectivity index is 2.52. The molecule has 0 aliphatic heterocycles. The SMILES string of the molecule is CCC(CC)(CC(=O)O)NC(=O)CNC(=O)Cc1cccc(F)c1. The average molecular weight is 338 g/mol. The molecule has 7 heteroatoms. The molecule has 2 amide bonds. The zero-order valence-electron chi connectivity index (χ0n) is 13.9. The number of aliphatic carboxylic acids is 1. The van der Waals surface area contributed by atoms with Crippen LogP contribution in [-0.2, 0) is 20.8 Å².